The van der Waals surface area contributed by atoms with Crippen molar-refractivity contribution in [3.05, 3.63) is 73.6 Å². The standard InChI is InChI=1S/C24H23N3O2S2/c1-14-6-3-7-15(2)23(14)27-20(29)13-31-24-16(12-25)21(19-10-5-11-30-19)22-17(26-24)8-4-9-18(22)28/h3,5-7,10-11,21,26H,4,8-9,13H2,1-2H3,(H,27,29). The molecule has 1 amide bonds. The molecule has 2 N–H and O–H groups in total. The molecular formula is C24H23N3O2S2. The number of nitrogens with zero attached hydrogens (tertiary/aromatic N) is 1. The molecule has 0 saturated carbocycles. The van der Waals surface area contributed by atoms with Crippen LogP contribution in [0.4, 0.5) is 5.69 Å². The number of anilines is 1. The minimum Gasteiger partial charge on any atom is -0.352 e. The van der Waals surface area contributed by atoms with E-state index >= 15 is 0 Å². The molecule has 1 aromatic heterocycles. The Morgan fingerprint density at radius 3 is 2.71 bits per heavy atom. The largest absolute Gasteiger partial charge is 0.352 e. The van der Waals surface area contributed by atoms with Gasteiger partial charge in [-0.1, -0.05) is 36.0 Å². The van der Waals surface area contributed by atoms with Crippen molar-refractivity contribution in [2.75, 3.05) is 11.1 Å². The molecule has 1 aliphatic heterocycles. The second-order valence-electron chi connectivity index (χ2n) is 7.70. The predicted molar refractivity (Wildman–Crippen MR) is 126 cm³/mol. The van der Waals surface area contributed by atoms with E-state index in [1.54, 1.807) is 11.3 Å². The first kappa shape index (κ1) is 21.4. The quantitative estimate of drug-likeness (QED) is 0.658. The summed E-state index contributed by atoms with van der Waals surface area (Å²) in [5.74, 6) is -0.189. The zero-order chi connectivity index (χ0) is 22.0. The highest BCUT2D eigenvalue weighted by Gasteiger charge is 2.37. The highest BCUT2D eigenvalue weighted by Crippen LogP contribution is 2.45. The fourth-order valence-corrected chi connectivity index (χ4v) is 5.81. The van der Waals surface area contributed by atoms with E-state index in [4.69, 9.17) is 0 Å². The summed E-state index contributed by atoms with van der Waals surface area (Å²) in [6.07, 6.45) is 2.09. The van der Waals surface area contributed by atoms with E-state index in [1.807, 2.05) is 49.6 Å². The Hall–Kier alpha value is -2.82. The molecule has 1 atom stereocenters. The van der Waals surface area contributed by atoms with Gasteiger partial charge in [0.2, 0.25) is 5.91 Å². The minimum absolute atomic E-state index is 0.108. The maximum absolute atomic E-state index is 12.7. The van der Waals surface area contributed by atoms with Crippen LogP contribution in [0.5, 0.6) is 0 Å². The molecular weight excluding hydrogens is 426 g/mol. The molecule has 2 heterocycles. The Balaban J connectivity index is 1.58. The Bertz CT molecular complexity index is 1120. The first-order chi connectivity index (χ1) is 15.0. The van der Waals surface area contributed by atoms with Crippen molar-refractivity contribution in [3.63, 3.8) is 0 Å². The fourth-order valence-electron chi connectivity index (χ4n) is 4.10. The van der Waals surface area contributed by atoms with E-state index < -0.39 is 0 Å². The number of Topliss-reactive ketones (excluding diaryl/α,β-unsaturated/α-hetero) is 1. The molecule has 1 aliphatic carbocycles. The number of hydrogen-bond donors (Lipinski definition) is 2. The summed E-state index contributed by atoms with van der Waals surface area (Å²) >= 11 is 2.87. The monoisotopic (exact) mass is 449 g/mol. The molecule has 0 bridgehead atoms. The Labute approximate surface area is 190 Å². The number of dihydropyridines is 1. The number of thiophene rings is 1. The smallest absolute Gasteiger partial charge is 0.234 e. The lowest BCUT2D eigenvalue weighted by Crippen LogP contribution is -2.31. The number of benzene rings is 1. The first-order valence-electron chi connectivity index (χ1n) is 10.2. The molecule has 31 heavy (non-hydrogen) atoms. The molecule has 1 aromatic carbocycles. The van der Waals surface area contributed by atoms with Crippen molar-refractivity contribution in [1.82, 2.24) is 5.32 Å². The lowest BCUT2D eigenvalue weighted by atomic mass is 9.79. The van der Waals surface area contributed by atoms with Crippen LogP contribution in [-0.2, 0) is 9.59 Å². The average Bonchev–Trinajstić information content (AvgIpc) is 3.28. The molecule has 7 heteroatoms. The van der Waals surface area contributed by atoms with Gasteiger partial charge in [0.25, 0.3) is 0 Å². The molecule has 158 valence electrons. The van der Waals surface area contributed by atoms with E-state index in [-0.39, 0.29) is 23.4 Å². The van der Waals surface area contributed by atoms with Gasteiger partial charge in [-0.25, -0.2) is 0 Å². The van der Waals surface area contributed by atoms with Crippen molar-refractivity contribution in [2.24, 2.45) is 0 Å². The van der Waals surface area contributed by atoms with E-state index in [1.165, 1.54) is 11.8 Å². The number of carbonyl (C=O) groups excluding carboxylic acids is 2. The van der Waals surface area contributed by atoms with Gasteiger partial charge < -0.3 is 10.6 Å². The van der Waals surface area contributed by atoms with Crippen molar-refractivity contribution in [2.45, 2.75) is 39.0 Å². The second kappa shape index (κ2) is 9.13. The SMILES string of the molecule is Cc1cccc(C)c1NC(=O)CSC1=C(C#N)C(c2cccs2)C2=C(CCCC2=O)N1. The van der Waals surface area contributed by atoms with Crippen LogP contribution in [0, 0.1) is 25.2 Å². The first-order valence-corrected chi connectivity index (χ1v) is 12.1. The molecule has 2 aromatic rings. The van der Waals surface area contributed by atoms with Crippen LogP contribution in [0.2, 0.25) is 0 Å². The second-order valence-corrected chi connectivity index (χ2v) is 9.67. The van der Waals surface area contributed by atoms with Crippen molar-refractivity contribution in [1.29, 1.82) is 5.26 Å². The summed E-state index contributed by atoms with van der Waals surface area (Å²) in [6, 6.07) is 12.1. The molecule has 0 saturated heterocycles. The Morgan fingerprint density at radius 2 is 2.03 bits per heavy atom. The van der Waals surface area contributed by atoms with E-state index in [0.29, 0.717) is 17.0 Å². The van der Waals surface area contributed by atoms with Gasteiger partial charge in [0.15, 0.2) is 5.78 Å². The van der Waals surface area contributed by atoms with Gasteiger partial charge in [-0.05, 0) is 49.3 Å². The summed E-state index contributed by atoms with van der Waals surface area (Å²) in [5.41, 5.74) is 4.99. The number of carbonyl (C=O) groups is 2. The van der Waals surface area contributed by atoms with Gasteiger partial charge in [0.05, 0.1) is 28.3 Å². The van der Waals surface area contributed by atoms with Crippen LogP contribution in [0.1, 0.15) is 41.2 Å². The van der Waals surface area contributed by atoms with Crippen LogP contribution in [0.25, 0.3) is 0 Å². The summed E-state index contributed by atoms with van der Waals surface area (Å²) < 4.78 is 0. The molecule has 0 radical (unpaired) electrons. The van der Waals surface area contributed by atoms with E-state index in [2.05, 4.69) is 16.7 Å². The van der Waals surface area contributed by atoms with Gasteiger partial charge in [0, 0.05) is 28.3 Å². The van der Waals surface area contributed by atoms with Crippen molar-refractivity contribution in [3.8, 4) is 6.07 Å². The van der Waals surface area contributed by atoms with Crippen LogP contribution in [0.3, 0.4) is 0 Å². The highest BCUT2D eigenvalue weighted by molar-refractivity contribution is 8.03. The third kappa shape index (κ3) is 4.32. The van der Waals surface area contributed by atoms with Crippen molar-refractivity contribution < 1.29 is 9.59 Å². The molecule has 0 fully saturated rings. The molecule has 5 nitrogen and oxygen atoms in total. The van der Waals surface area contributed by atoms with Gasteiger partial charge >= 0.3 is 0 Å². The number of rotatable bonds is 5. The highest BCUT2D eigenvalue weighted by atomic mass is 32.2. The van der Waals surface area contributed by atoms with Crippen LogP contribution < -0.4 is 10.6 Å². The fraction of sp³-hybridized carbons (Fsp3) is 0.292. The third-order valence-electron chi connectivity index (χ3n) is 5.58. The van der Waals surface area contributed by atoms with Gasteiger partial charge in [0.1, 0.15) is 0 Å². The third-order valence-corrected chi connectivity index (χ3v) is 7.54. The zero-order valence-electron chi connectivity index (χ0n) is 17.5. The average molecular weight is 450 g/mol. The number of ketones is 1. The van der Waals surface area contributed by atoms with Crippen LogP contribution in [-0.4, -0.2) is 17.4 Å². The van der Waals surface area contributed by atoms with E-state index in [0.717, 1.165) is 45.8 Å². The zero-order valence-corrected chi connectivity index (χ0v) is 19.1. The van der Waals surface area contributed by atoms with Crippen LogP contribution in [0.15, 0.2) is 57.6 Å². The number of allylic oxidation sites excluding steroid dienone is 3. The Kier molecular flexibility index (Phi) is 6.30. The topological polar surface area (TPSA) is 82.0 Å². The Morgan fingerprint density at radius 1 is 1.26 bits per heavy atom. The number of para-hydroxylation sites is 1. The molecule has 1 unspecified atom stereocenters. The number of amides is 1. The number of nitrogens with one attached hydrogen (secondary N) is 2. The number of hydrogen-bond acceptors (Lipinski definition) is 6. The minimum atomic E-state index is -0.349. The number of nitriles is 1. The molecule has 4 rings (SSSR count). The maximum Gasteiger partial charge on any atom is 0.234 e. The predicted octanol–water partition coefficient (Wildman–Crippen LogP) is 5.17. The van der Waals surface area contributed by atoms with Crippen molar-refractivity contribution >= 4 is 40.5 Å². The number of aryl methyl sites for hydroxylation is 2. The maximum atomic E-state index is 12.7. The lowest BCUT2D eigenvalue weighted by Gasteiger charge is -2.32. The molecule has 0 spiro atoms. The van der Waals surface area contributed by atoms with E-state index in [9.17, 15) is 14.9 Å². The number of thioether (sulfide) groups is 1. The summed E-state index contributed by atoms with van der Waals surface area (Å²) in [4.78, 5) is 26.4. The summed E-state index contributed by atoms with van der Waals surface area (Å²) in [7, 11) is 0. The van der Waals surface area contributed by atoms with Gasteiger partial charge in [-0.15, -0.1) is 11.3 Å². The lowest BCUT2D eigenvalue weighted by molar-refractivity contribution is -0.116. The summed E-state index contributed by atoms with van der Waals surface area (Å²) in [6.45, 7) is 3.93. The molecule has 2 aliphatic rings. The van der Waals surface area contributed by atoms with Gasteiger partial charge in [-0.2, -0.15) is 5.26 Å². The normalized spacial score (nSPS) is 18.4. The summed E-state index contributed by atoms with van der Waals surface area (Å²) in [5, 5.41) is 18.9. The van der Waals surface area contributed by atoms with Crippen LogP contribution >= 0.6 is 23.1 Å². The van der Waals surface area contributed by atoms with Gasteiger partial charge in [-0.3, -0.25) is 9.59 Å².